The van der Waals surface area contributed by atoms with Crippen molar-refractivity contribution in [1.29, 1.82) is 0 Å². The molecule has 0 aromatic carbocycles. The molecule has 0 saturated heterocycles. The van der Waals surface area contributed by atoms with Gasteiger partial charge in [-0.25, -0.2) is 0 Å². The van der Waals surface area contributed by atoms with Gasteiger partial charge >= 0.3 is 5.97 Å². The van der Waals surface area contributed by atoms with Gasteiger partial charge in [0.25, 0.3) is 0 Å². The molecule has 76 valence electrons. The second-order valence-corrected chi connectivity index (χ2v) is 4.28. The molecule has 0 saturated carbocycles. The lowest BCUT2D eigenvalue weighted by Crippen LogP contribution is -2.37. The highest BCUT2D eigenvalue weighted by Crippen LogP contribution is 2.27. The van der Waals surface area contributed by atoms with Crippen LogP contribution in [0.15, 0.2) is 12.7 Å². The fourth-order valence-electron chi connectivity index (χ4n) is 1.15. The van der Waals surface area contributed by atoms with Gasteiger partial charge in [0.1, 0.15) is 0 Å². The molecule has 0 aromatic rings. The number of carboxylic acids is 1. The lowest BCUT2D eigenvalue weighted by atomic mass is 9.80. The van der Waals surface area contributed by atoms with Gasteiger partial charge in [-0.1, -0.05) is 26.8 Å². The minimum absolute atomic E-state index is 0.299. The first-order chi connectivity index (χ1) is 5.80. The maximum absolute atomic E-state index is 10.8. The molecule has 0 aromatic heterocycles. The van der Waals surface area contributed by atoms with E-state index >= 15 is 0 Å². The molecule has 3 nitrogen and oxygen atoms in total. The molecule has 0 unspecified atom stereocenters. The Hall–Kier alpha value is -0.830. The van der Waals surface area contributed by atoms with E-state index in [0.29, 0.717) is 6.42 Å². The topological polar surface area (TPSA) is 57.5 Å². The average molecular weight is 186 g/mol. The number of hydrogen-bond acceptors (Lipinski definition) is 2. The van der Waals surface area contributed by atoms with Crippen molar-refractivity contribution in [1.82, 2.24) is 0 Å². The van der Waals surface area contributed by atoms with Crippen molar-refractivity contribution in [3.8, 4) is 0 Å². The van der Waals surface area contributed by atoms with Crippen LogP contribution in [0.4, 0.5) is 0 Å². The Kier molecular flexibility index (Phi) is 4.14. The van der Waals surface area contributed by atoms with Crippen molar-refractivity contribution in [3.63, 3.8) is 0 Å². The summed E-state index contributed by atoms with van der Waals surface area (Å²) < 4.78 is 0. The predicted octanol–water partition coefficient (Wildman–Crippen LogP) is 1.67. The summed E-state index contributed by atoms with van der Waals surface area (Å²) in [5.74, 6) is -1.72. The normalized spacial score (nSPS) is 16.3. The van der Waals surface area contributed by atoms with Gasteiger partial charge in [0, 0.05) is 0 Å². The van der Waals surface area contributed by atoms with E-state index in [9.17, 15) is 9.90 Å². The molecule has 0 fully saturated rings. The van der Waals surface area contributed by atoms with E-state index in [0.717, 1.165) is 0 Å². The van der Waals surface area contributed by atoms with Gasteiger partial charge < -0.3 is 10.2 Å². The number of carbonyl (C=O) groups is 1. The van der Waals surface area contributed by atoms with Crippen molar-refractivity contribution in [2.75, 3.05) is 0 Å². The summed E-state index contributed by atoms with van der Waals surface area (Å²) in [7, 11) is 0. The van der Waals surface area contributed by atoms with Crippen LogP contribution >= 0.6 is 0 Å². The molecule has 0 rings (SSSR count). The number of rotatable bonds is 4. The molecule has 13 heavy (non-hydrogen) atoms. The largest absolute Gasteiger partial charge is 0.481 e. The Bertz CT molecular complexity index is 191. The van der Waals surface area contributed by atoms with Crippen LogP contribution in [0.1, 0.15) is 27.2 Å². The highest BCUT2D eigenvalue weighted by molar-refractivity contribution is 5.71. The Balaban J connectivity index is 4.55. The maximum Gasteiger partial charge on any atom is 0.309 e. The molecule has 2 atom stereocenters. The zero-order valence-corrected chi connectivity index (χ0v) is 8.45. The molecule has 0 spiro atoms. The SMILES string of the molecule is C=CC[C@@H](C(=O)O)[C@@H](O)C(C)(C)C. The summed E-state index contributed by atoms with van der Waals surface area (Å²) in [6.45, 7) is 8.92. The molecule has 2 N–H and O–H groups in total. The molecule has 0 aliphatic carbocycles. The van der Waals surface area contributed by atoms with E-state index in [1.54, 1.807) is 0 Å². The van der Waals surface area contributed by atoms with Gasteiger partial charge in [0.05, 0.1) is 12.0 Å². The third-order valence-corrected chi connectivity index (χ3v) is 2.01. The second kappa shape index (κ2) is 4.42. The lowest BCUT2D eigenvalue weighted by molar-refractivity contribution is -0.148. The molecule has 0 radical (unpaired) electrons. The summed E-state index contributed by atoms with van der Waals surface area (Å²) in [5.41, 5.74) is -0.411. The first kappa shape index (κ1) is 12.2. The highest BCUT2D eigenvalue weighted by atomic mass is 16.4. The van der Waals surface area contributed by atoms with Crippen LogP contribution < -0.4 is 0 Å². The summed E-state index contributed by atoms with van der Waals surface area (Å²) in [5, 5.41) is 18.5. The zero-order chi connectivity index (χ0) is 10.6. The highest BCUT2D eigenvalue weighted by Gasteiger charge is 2.34. The Labute approximate surface area is 79.1 Å². The van der Waals surface area contributed by atoms with Crippen LogP contribution in [0.25, 0.3) is 0 Å². The van der Waals surface area contributed by atoms with Gasteiger partial charge in [-0.15, -0.1) is 6.58 Å². The van der Waals surface area contributed by atoms with E-state index in [2.05, 4.69) is 6.58 Å². The van der Waals surface area contributed by atoms with Crippen molar-refractivity contribution in [2.24, 2.45) is 11.3 Å². The minimum Gasteiger partial charge on any atom is -0.481 e. The fourth-order valence-corrected chi connectivity index (χ4v) is 1.15. The summed E-state index contributed by atoms with van der Waals surface area (Å²) in [6.07, 6.45) is 0.977. The van der Waals surface area contributed by atoms with E-state index < -0.39 is 23.4 Å². The average Bonchev–Trinajstić information content (AvgIpc) is 1.96. The second-order valence-electron chi connectivity index (χ2n) is 4.28. The lowest BCUT2D eigenvalue weighted by Gasteiger charge is -2.30. The number of hydrogen-bond donors (Lipinski definition) is 2. The third kappa shape index (κ3) is 3.59. The number of carboxylic acid groups (broad SMARTS) is 1. The van der Waals surface area contributed by atoms with Crippen LogP contribution in [0.5, 0.6) is 0 Å². The Morgan fingerprint density at radius 3 is 2.23 bits per heavy atom. The molecule has 3 heteroatoms. The van der Waals surface area contributed by atoms with Gasteiger partial charge in [-0.3, -0.25) is 4.79 Å². The van der Waals surface area contributed by atoms with E-state index in [1.807, 2.05) is 20.8 Å². The van der Waals surface area contributed by atoms with Gasteiger partial charge in [0.15, 0.2) is 0 Å². The third-order valence-electron chi connectivity index (χ3n) is 2.01. The van der Waals surface area contributed by atoms with Crippen molar-refractivity contribution in [2.45, 2.75) is 33.3 Å². The van der Waals surface area contributed by atoms with Crippen LogP contribution in [0.3, 0.4) is 0 Å². The summed E-state index contributed by atoms with van der Waals surface area (Å²) >= 11 is 0. The van der Waals surface area contributed by atoms with Crippen LogP contribution in [-0.2, 0) is 4.79 Å². The van der Waals surface area contributed by atoms with Crippen LogP contribution in [0, 0.1) is 11.3 Å². The first-order valence-corrected chi connectivity index (χ1v) is 4.32. The first-order valence-electron chi connectivity index (χ1n) is 4.32. The monoisotopic (exact) mass is 186 g/mol. The van der Waals surface area contributed by atoms with Gasteiger partial charge in [-0.05, 0) is 11.8 Å². The van der Waals surface area contributed by atoms with Crippen molar-refractivity contribution in [3.05, 3.63) is 12.7 Å². The number of aliphatic hydroxyl groups excluding tert-OH is 1. The molecular formula is C10H18O3. The number of aliphatic hydroxyl groups is 1. The van der Waals surface area contributed by atoms with E-state index in [4.69, 9.17) is 5.11 Å². The van der Waals surface area contributed by atoms with Gasteiger partial charge in [0.2, 0.25) is 0 Å². The molecule has 0 heterocycles. The molecule has 0 amide bonds. The summed E-state index contributed by atoms with van der Waals surface area (Å²) in [4.78, 5) is 10.8. The summed E-state index contributed by atoms with van der Waals surface area (Å²) in [6, 6.07) is 0. The quantitative estimate of drug-likeness (QED) is 0.656. The predicted molar refractivity (Wildman–Crippen MR) is 51.4 cm³/mol. The van der Waals surface area contributed by atoms with E-state index in [1.165, 1.54) is 6.08 Å². The van der Waals surface area contributed by atoms with Crippen LogP contribution in [-0.4, -0.2) is 22.3 Å². The smallest absolute Gasteiger partial charge is 0.309 e. The van der Waals surface area contributed by atoms with Crippen molar-refractivity contribution >= 4 is 5.97 Å². The number of allylic oxidation sites excluding steroid dienone is 1. The van der Waals surface area contributed by atoms with Crippen LogP contribution in [0.2, 0.25) is 0 Å². The molecule has 0 bridgehead atoms. The zero-order valence-electron chi connectivity index (χ0n) is 8.45. The maximum atomic E-state index is 10.8. The van der Waals surface area contributed by atoms with E-state index in [-0.39, 0.29) is 0 Å². The Morgan fingerprint density at radius 2 is 2.00 bits per heavy atom. The molecular weight excluding hydrogens is 168 g/mol. The minimum atomic E-state index is -0.970. The molecule has 0 aliphatic heterocycles. The Morgan fingerprint density at radius 1 is 1.54 bits per heavy atom. The standard InChI is InChI=1S/C10H18O3/c1-5-6-7(9(12)13)8(11)10(2,3)4/h5,7-8,11H,1,6H2,2-4H3,(H,12,13)/t7-,8-/m1/s1. The fraction of sp³-hybridized carbons (Fsp3) is 0.700. The molecule has 0 aliphatic rings. The number of aliphatic carboxylic acids is 1. The van der Waals surface area contributed by atoms with Gasteiger partial charge in [-0.2, -0.15) is 0 Å². The van der Waals surface area contributed by atoms with Crippen molar-refractivity contribution < 1.29 is 15.0 Å².